The number of hydrogen-bond acceptors (Lipinski definition) is 3. The Morgan fingerprint density at radius 2 is 1.95 bits per heavy atom. The van der Waals surface area contributed by atoms with E-state index in [0.29, 0.717) is 12.6 Å². The zero-order valence-corrected chi connectivity index (χ0v) is 13.1. The van der Waals surface area contributed by atoms with Gasteiger partial charge in [-0.15, -0.1) is 0 Å². The number of ether oxygens (including phenoxy) is 1. The van der Waals surface area contributed by atoms with Crippen LogP contribution in [-0.2, 0) is 6.42 Å². The van der Waals surface area contributed by atoms with Gasteiger partial charge in [-0.1, -0.05) is 19.1 Å². The molecule has 0 bridgehead atoms. The van der Waals surface area contributed by atoms with E-state index in [9.17, 15) is 0 Å². The highest BCUT2D eigenvalue weighted by Crippen LogP contribution is 2.20. The van der Waals surface area contributed by atoms with E-state index in [4.69, 9.17) is 10.00 Å². The van der Waals surface area contributed by atoms with E-state index in [0.717, 1.165) is 25.1 Å². The maximum Gasteiger partial charge on any atom is 0.119 e. The van der Waals surface area contributed by atoms with Crippen LogP contribution in [-0.4, -0.2) is 19.2 Å². The van der Waals surface area contributed by atoms with Gasteiger partial charge in [0.05, 0.1) is 18.1 Å². The Morgan fingerprint density at radius 3 is 2.50 bits per heavy atom. The summed E-state index contributed by atoms with van der Waals surface area (Å²) in [7, 11) is 0. The SMILES string of the molecule is CCNC(C)Cc1ccc(OCCC(C)(C)C#N)cc1. The fourth-order valence-corrected chi connectivity index (χ4v) is 1.98. The number of nitrogens with one attached hydrogen (secondary N) is 1. The Bertz CT molecular complexity index is 431. The topological polar surface area (TPSA) is 45.0 Å². The van der Waals surface area contributed by atoms with E-state index >= 15 is 0 Å². The number of likely N-dealkylation sites (N-methyl/N-ethyl adjacent to an activating group) is 1. The lowest BCUT2D eigenvalue weighted by Gasteiger charge is -2.16. The van der Waals surface area contributed by atoms with Crippen LogP contribution in [0.2, 0.25) is 0 Å². The molecule has 0 fully saturated rings. The third-order valence-electron chi connectivity index (χ3n) is 3.32. The van der Waals surface area contributed by atoms with Gasteiger partial charge >= 0.3 is 0 Å². The van der Waals surface area contributed by atoms with Gasteiger partial charge in [0, 0.05) is 6.04 Å². The molecule has 0 saturated carbocycles. The molecule has 1 unspecified atom stereocenters. The first-order valence-corrected chi connectivity index (χ1v) is 7.33. The van der Waals surface area contributed by atoms with Crippen LogP contribution < -0.4 is 10.1 Å². The predicted molar refractivity (Wildman–Crippen MR) is 82.8 cm³/mol. The molecule has 0 heterocycles. The van der Waals surface area contributed by atoms with Crippen molar-refractivity contribution in [2.24, 2.45) is 5.41 Å². The molecular formula is C17H26N2O. The van der Waals surface area contributed by atoms with Crippen LogP contribution in [0.15, 0.2) is 24.3 Å². The molecule has 20 heavy (non-hydrogen) atoms. The number of benzene rings is 1. The minimum atomic E-state index is -0.318. The second-order valence-corrected chi connectivity index (χ2v) is 5.90. The zero-order valence-electron chi connectivity index (χ0n) is 13.1. The smallest absolute Gasteiger partial charge is 0.119 e. The molecule has 110 valence electrons. The van der Waals surface area contributed by atoms with E-state index in [-0.39, 0.29) is 5.41 Å². The van der Waals surface area contributed by atoms with Crippen LogP contribution >= 0.6 is 0 Å². The molecule has 1 N–H and O–H groups in total. The van der Waals surface area contributed by atoms with Crippen molar-refractivity contribution in [3.05, 3.63) is 29.8 Å². The summed E-state index contributed by atoms with van der Waals surface area (Å²) in [6.45, 7) is 9.75. The lowest BCUT2D eigenvalue weighted by Crippen LogP contribution is -2.27. The summed E-state index contributed by atoms with van der Waals surface area (Å²) in [5.41, 5.74) is 0.990. The zero-order chi connectivity index (χ0) is 15.0. The van der Waals surface area contributed by atoms with Crippen LogP contribution in [0.25, 0.3) is 0 Å². The first-order chi connectivity index (χ1) is 9.46. The summed E-state index contributed by atoms with van der Waals surface area (Å²) >= 11 is 0. The van der Waals surface area contributed by atoms with Crippen molar-refractivity contribution in [2.45, 2.75) is 46.6 Å². The van der Waals surface area contributed by atoms with E-state index in [2.05, 4.69) is 37.4 Å². The molecule has 0 aliphatic heterocycles. The van der Waals surface area contributed by atoms with E-state index in [1.165, 1.54) is 5.56 Å². The number of rotatable bonds is 8. The summed E-state index contributed by atoms with van der Waals surface area (Å²) in [6, 6.07) is 11.0. The molecule has 0 spiro atoms. The molecule has 0 aliphatic rings. The first-order valence-electron chi connectivity index (χ1n) is 7.33. The van der Waals surface area contributed by atoms with Crippen LogP contribution in [0.1, 0.15) is 39.7 Å². The average molecular weight is 274 g/mol. The molecule has 0 aromatic heterocycles. The molecule has 1 rings (SSSR count). The average Bonchev–Trinajstić information content (AvgIpc) is 2.41. The highest BCUT2D eigenvalue weighted by molar-refractivity contribution is 5.27. The monoisotopic (exact) mass is 274 g/mol. The van der Waals surface area contributed by atoms with Gasteiger partial charge in [-0.2, -0.15) is 5.26 Å². The van der Waals surface area contributed by atoms with Crippen molar-refractivity contribution in [2.75, 3.05) is 13.2 Å². The second-order valence-electron chi connectivity index (χ2n) is 5.90. The van der Waals surface area contributed by atoms with Crippen molar-refractivity contribution in [3.63, 3.8) is 0 Å². The molecule has 1 aromatic rings. The lowest BCUT2D eigenvalue weighted by molar-refractivity contribution is 0.264. The Kier molecular flexibility index (Phi) is 6.54. The van der Waals surface area contributed by atoms with Gasteiger partial charge in [-0.05, 0) is 57.9 Å². The van der Waals surface area contributed by atoms with Crippen LogP contribution in [0, 0.1) is 16.7 Å². The Balaban J connectivity index is 2.41. The molecule has 0 saturated heterocycles. The summed E-state index contributed by atoms with van der Waals surface area (Å²) < 4.78 is 5.68. The third-order valence-corrected chi connectivity index (χ3v) is 3.32. The maximum atomic E-state index is 8.94. The van der Waals surface area contributed by atoms with Gasteiger partial charge in [0.2, 0.25) is 0 Å². The molecule has 1 atom stereocenters. The van der Waals surface area contributed by atoms with Crippen molar-refractivity contribution < 1.29 is 4.74 Å². The summed E-state index contributed by atoms with van der Waals surface area (Å²) in [5, 5.41) is 12.3. The van der Waals surface area contributed by atoms with E-state index in [1.54, 1.807) is 0 Å². The Labute approximate surface area is 123 Å². The lowest BCUT2D eigenvalue weighted by atomic mass is 9.92. The number of nitrogens with zero attached hydrogens (tertiary/aromatic N) is 1. The highest BCUT2D eigenvalue weighted by Gasteiger charge is 2.16. The van der Waals surface area contributed by atoms with E-state index < -0.39 is 0 Å². The van der Waals surface area contributed by atoms with Crippen LogP contribution in [0.5, 0.6) is 5.75 Å². The summed E-state index contributed by atoms with van der Waals surface area (Å²) in [4.78, 5) is 0. The summed E-state index contributed by atoms with van der Waals surface area (Å²) in [6.07, 6.45) is 1.76. The molecule has 0 amide bonds. The van der Waals surface area contributed by atoms with Gasteiger partial charge in [0.25, 0.3) is 0 Å². The van der Waals surface area contributed by atoms with Gasteiger partial charge < -0.3 is 10.1 Å². The first kappa shape index (κ1) is 16.5. The van der Waals surface area contributed by atoms with Gasteiger partial charge in [-0.25, -0.2) is 0 Å². The minimum absolute atomic E-state index is 0.318. The summed E-state index contributed by atoms with van der Waals surface area (Å²) in [5.74, 6) is 0.874. The Hall–Kier alpha value is -1.53. The van der Waals surface area contributed by atoms with Crippen LogP contribution in [0.3, 0.4) is 0 Å². The maximum absolute atomic E-state index is 8.94. The minimum Gasteiger partial charge on any atom is -0.494 e. The van der Waals surface area contributed by atoms with Gasteiger partial charge in [0.15, 0.2) is 0 Å². The van der Waals surface area contributed by atoms with Crippen molar-refractivity contribution >= 4 is 0 Å². The molecule has 0 radical (unpaired) electrons. The fourth-order valence-electron chi connectivity index (χ4n) is 1.98. The quantitative estimate of drug-likeness (QED) is 0.788. The molecule has 3 nitrogen and oxygen atoms in total. The third kappa shape index (κ3) is 6.08. The Morgan fingerprint density at radius 1 is 1.30 bits per heavy atom. The number of nitriles is 1. The van der Waals surface area contributed by atoms with Crippen molar-refractivity contribution in [1.29, 1.82) is 5.26 Å². The highest BCUT2D eigenvalue weighted by atomic mass is 16.5. The molecule has 1 aromatic carbocycles. The normalized spacial score (nSPS) is 12.8. The predicted octanol–water partition coefficient (Wildman–Crippen LogP) is 3.55. The van der Waals surface area contributed by atoms with Crippen molar-refractivity contribution in [3.8, 4) is 11.8 Å². The number of hydrogen-bond donors (Lipinski definition) is 1. The molecule has 0 aliphatic carbocycles. The fraction of sp³-hybridized carbons (Fsp3) is 0.588. The second kappa shape index (κ2) is 7.91. The van der Waals surface area contributed by atoms with Gasteiger partial charge in [0.1, 0.15) is 5.75 Å². The van der Waals surface area contributed by atoms with E-state index in [1.807, 2.05) is 26.0 Å². The molecule has 3 heteroatoms. The van der Waals surface area contributed by atoms with Crippen molar-refractivity contribution in [1.82, 2.24) is 5.32 Å². The standard InChI is InChI=1S/C17H26N2O/c1-5-19-14(2)12-15-6-8-16(9-7-15)20-11-10-17(3,4)13-18/h6-9,14,19H,5,10-12H2,1-4H3. The largest absolute Gasteiger partial charge is 0.494 e. The molecular weight excluding hydrogens is 248 g/mol. The van der Waals surface area contributed by atoms with Gasteiger partial charge in [-0.3, -0.25) is 0 Å². The van der Waals surface area contributed by atoms with Crippen LogP contribution in [0.4, 0.5) is 0 Å².